The number of ether oxygens (including phenoxy) is 1. The Kier molecular flexibility index (Phi) is 4.53. The lowest BCUT2D eigenvalue weighted by Crippen LogP contribution is -1.97. The molecule has 3 heteroatoms. The van der Waals surface area contributed by atoms with Gasteiger partial charge in [0.05, 0.1) is 13.2 Å². The molecule has 112 valence electrons. The monoisotopic (exact) mass is 286 g/mol. The number of hydrogen-bond acceptors (Lipinski definition) is 3. The Hall–Kier alpha value is -2.00. The summed E-state index contributed by atoms with van der Waals surface area (Å²) in [6.45, 7) is 8.55. The Bertz CT molecular complexity index is 556. The molecule has 0 aromatic heterocycles. The van der Waals surface area contributed by atoms with Crippen LogP contribution >= 0.6 is 0 Å². The standard InChI is InChI=1S/C18H22O3/c1-11-5-15(6-12(2)17(11)19)9-21-10-16-7-13(3)18(20)14(4)8-16/h5-8,19-20H,9-10H2,1-4H3. The van der Waals surface area contributed by atoms with Gasteiger partial charge in [-0.2, -0.15) is 0 Å². The van der Waals surface area contributed by atoms with E-state index in [1.807, 2.05) is 52.0 Å². The van der Waals surface area contributed by atoms with Crippen molar-refractivity contribution < 1.29 is 14.9 Å². The zero-order valence-electron chi connectivity index (χ0n) is 13.0. The molecule has 0 radical (unpaired) electrons. The molecule has 0 aliphatic heterocycles. The summed E-state index contributed by atoms with van der Waals surface area (Å²) < 4.78 is 5.74. The summed E-state index contributed by atoms with van der Waals surface area (Å²) in [6, 6.07) is 7.76. The topological polar surface area (TPSA) is 49.7 Å². The number of rotatable bonds is 4. The lowest BCUT2D eigenvalue weighted by atomic mass is 10.1. The van der Waals surface area contributed by atoms with E-state index in [2.05, 4.69) is 0 Å². The molecule has 2 aromatic carbocycles. The van der Waals surface area contributed by atoms with Gasteiger partial charge in [0.15, 0.2) is 0 Å². The van der Waals surface area contributed by atoms with Crippen LogP contribution in [-0.2, 0) is 18.0 Å². The van der Waals surface area contributed by atoms with E-state index < -0.39 is 0 Å². The van der Waals surface area contributed by atoms with Crippen LogP contribution in [0.2, 0.25) is 0 Å². The van der Waals surface area contributed by atoms with E-state index in [-0.39, 0.29) is 0 Å². The van der Waals surface area contributed by atoms with Crippen molar-refractivity contribution >= 4 is 0 Å². The number of phenolic OH excluding ortho intramolecular Hbond substituents is 2. The van der Waals surface area contributed by atoms with Crippen molar-refractivity contribution in [3.8, 4) is 11.5 Å². The van der Waals surface area contributed by atoms with Crippen LogP contribution in [-0.4, -0.2) is 10.2 Å². The van der Waals surface area contributed by atoms with E-state index in [1.165, 1.54) is 0 Å². The number of benzene rings is 2. The summed E-state index contributed by atoms with van der Waals surface area (Å²) in [6.07, 6.45) is 0. The second-order valence-electron chi connectivity index (χ2n) is 5.65. The fraction of sp³-hybridized carbons (Fsp3) is 0.333. The van der Waals surface area contributed by atoms with Gasteiger partial charge in [-0.15, -0.1) is 0 Å². The Balaban J connectivity index is 2.02. The SMILES string of the molecule is Cc1cc(COCc2cc(C)c(O)c(C)c2)cc(C)c1O. The van der Waals surface area contributed by atoms with Gasteiger partial charge in [0, 0.05) is 0 Å². The zero-order chi connectivity index (χ0) is 15.6. The minimum Gasteiger partial charge on any atom is -0.507 e. The van der Waals surface area contributed by atoms with Gasteiger partial charge >= 0.3 is 0 Å². The summed E-state index contributed by atoms with van der Waals surface area (Å²) in [5.41, 5.74) is 5.56. The zero-order valence-corrected chi connectivity index (χ0v) is 13.0. The van der Waals surface area contributed by atoms with Gasteiger partial charge in [0.25, 0.3) is 0 Å². The van der Waals surface area contributed by atoms with Gasteiger partial charge in [0.1, 0.15) is 11.5 Å². The first-order valence-electron chi connectivity index (χ1n) is 7.04. The van der Waals surface area contributed by atoms with Crippen LogP contribution in [0.4, 0.5) is 0 Å². The molecule has 0 saturated heterocycles. The third-order valence-corrected chi connectivity index (χ3v) is 3.64. The first kappa shape index (κ1) is 15.4. The maximum absolute atomic E-state index is 9.76. The van der Waals surface area contributed by atoms with Crippen molar-refractivity contribution in [1.82, 2.24) is 0 Å². The fourth-order valence-corrected chi connectivity index (χ4v) is 2.54. The molecule has 0 unspecified atom stereocenters. The van der Waals surface area contributed by atoms with Crippen LogP contribution in [0.15, 0.2) is 24.3 Å². The lowest BCUT2D eigenvalue weighted by molar-refractivity contribution is 0.107. The quantitative estimate of drug-likeness (QED) is 0.891. The molecule has 0 atom stereocenters. The average Bonchev–Trinajstić information content (AvgIpc) is 2.42. The summed E-state index contributed by atoms with van der Waals surface area (Å²) in [5, 5.41) is 19.5. The Morgan fingerprint density at radius 1 is 0.667 bits per heavy atom. The maximum Gasteiger partial charge on any atom is 0.121 e. The molecular formula is C18H22O3. The smallest absolute Gasteiger partial charge is 0.121 e. The fourth-order valence-electron chi connectivity index (χ4n) is 2.54. The largest absolute Gasteiger partial charge is 0.507 e. The number of hydrogen-bond donors (Lipinski definition) is 2. The number of phenols is 2. The van der Waals surface area contributed by atoms with Gasteiger partial charge in [0.2, 0.25) is 0 Å². The Morgan fingerprint density at radius 3 is 1.24 bits per heavy atom. The van der Waals surface area contributed by atoms with Crippen molar-refractivity contribution in [2.24, 2.45) is 0 Å². The minimum absolute atomic E-state index is 0.350. The molecule has 0 aliphatic carbocycles. The molecule has 2 N–H and O–H groups in total. The summed E-state index contributed by atoms with van der Waals surface area (Å²) in [5.74, 6) is 0.701. The molecular weight excluding hydrogens is 264 g/mol. The lowest BCUT2D eigenvalue weighted by Gasteiger charge is -2.10. The molecule has 2 rings (SSSR count). The van der Waals surface area contributed by atoms with Crippen molar-refractivity contribution in [3.63, 3.8) is 0 Å². The molecule has 0 fully saturated rings. The van der Waals surface area contributed by atoms with E-state index in [1.54, 1.807) is 0 Å². The van der Waals surface area contributed by atoms with Crippen molar-refractivity contribution in [2.45, 2.75) is 40.9 Å². The Labute approximate surface area is 125 Å². The molecule has 0 bridgehead atoms. The van der Waals surface area contributed by atoms with E-state index in [9.17, 15) is 10.2 Å². The van der Waals surface area contributed by atoms with Crippen LogP contribution in [0, 0.1) is 27.7 Å². The molecule has 0 heterocycles. The summed E-state index contributed by atoms with van der Waals surface area (Å²) in [7, 11) is 0. The highest BCUT2D eigenvalue weighted by Crippen LogP contribution is 2.25. The normalized spacial score (nSPS) is 10.9. The maximum atomic E-state index is 9.76. The highest BCUT2D eigenvalue weighted by Gasteiger charge is 2.06. The van der Waals surface area contributed by atoms with Crippen molar-refractivity contribution in [2.75, 3.05) is 0 Å². The van der Waals surface area contributed by atoms with Gasteiger partial charge in [-0.3, -0.25) is 0 Å². The first-order valence-corrected chi connectivity index (χ1v) is 7.04. The van der Waals surface area contributed by atoms with Crippen LogP contribution < -0.4 is 0 Å². The van der Waals surface area contributed by atoms with E-state index in [0.29, 0.717) is 24.7 Å². The van der Waals surface area contributed by atoms with Crippen molar-refractivity contribution in [3.05, 3.63) is 57.6 Å². The average molecular weight is 286 g/mol. The minimum atomic E-state index is 0.350. The van der Waals surface area contributed by atoms with Crippen LogP contribution in [0.25, 0.3) is 0 Å². The predicted molar refractivity (Wildman–Crippen MR) is 83.7 cm³/mol. The molecule has 0 aliphatic rings. The second-order valence-corrected chi connectivity index (χ2v) is 5.65. The molecule has 21 heavy (non-hydrogen) atoms. The van der Waals surface area contributed by atoms with Crippen LogP contribution in [0.5, 0.6) is 11.5 Å². The molecule has 0 saturated carbocycles. The second kappa shape index (κ2) is 6.19. The molecule has 3 nitrogen and oxygen atoms in total. The van der Waals surface area contributed by atoms with Crippen LogP contribution in [0.1, 0.15) is 33.4 Å². The summed E-state index contributed by atoms with van der Waals surface area (Å²) in [4.78, 5) is 0. The molecule has 0 spiro atoms. The molecule has 0 amide bonds. The van der Waals surface area contributed by atoms with E-state index >= 15 is 0 Å². The first-order chi connectivity index (χ1) is 9.88. The van der Waals surface area contributed by atoms with Crippen LogP contribution in [0.3, 0.4) is 0 Å². The van der Waals surface area contributed by atoms with Gasteiger partial charge in [-0.25, -0.2) is 0 Å². The predicted octanol–water partition coefficient (Wildman–Crippen LogP) is 4.05. The third-order valence-electron chi connectivity index (χ3n) is 3.64. The molecule has 2 aromatic rings. The van der Waals surface area contributed by atoms with Gasteiger partial charge in [-0.1, -0.05) is 24.3 Å². The van der Waals surface area contributed by atoms with Gasteiger partial charge < -0.3 is 14.9 Å². The van der Waals surface area contributed by atoms with E-state index in [4.69, 9.17) is 4.74 Å². The highest BCUT2D eigenvalue weighted by molar-refractivity contribution is 5.43. The third kappa shape index (κ3) is 3.56. The number of aryl methyl sites for hydroxylation is 4. The Morgan fingerprint density at radius 2 is 0.952 bits per heavy atom. The highest BCUT2D eigenvalue weighted by atomic mass is 16.5. The van der Waals surface area contributed by atoms with Crippen molar-refractivity contribution in [1.29, 1.82) is 0 Å². The van der Waals surface area contributed by atoms with Gasteiger partial charge in [-0.05, 0) is 61.1 Å². The number of aromatic hydroxyl groups is 2. The summed E-state index contributed by atoms with van der Waals surface area (Å²) >= 11 is 0. The van der Waals surface area contributed by atoms with E-state index in [0.717, 1.165) is 33.4 Å².